The molecule has 0 heterocycles. The van der Waals surface area contributed by atoms with Crippen molar-refractivity contribution in [2.45, 2.75) is 14.9 Å². The molecule has 0 aliphatic heterocycles. The number of hydrogen-bond donors (Lipinski definition) is 1. The molecular formula is C7H26Cl3O7P3+2. The third-order valence-corrected chi connectivity index (χ3v) is 1.54. The van der Waals surface area contributed by atoms with Crippen molar-refractivity contribution in [2.75, 3.05) is 34.7 Å². The zero-order valence-corrected chi connectivity index (χ0v) is 15.4. The van der Waals surface area contributed by atoms with Gasteiger partial charge in [0.25, 0.3) is 0 Å². The first-order valence-electron chi connectivity index (χ1n) is 3.58. The van der Waals surface area contributed by atoms with Crippen LogP contribution in [0.3, 0.4) is 0 Å². The van der Waals surface area contributed by atoms with Gasteiger partial charge in [-0.3, -0.25) is 4.57 Å². The zero-order valence-electron chi connectivity index (χ0n) is 10.5. The maximum absolute atomic E-state index is 9.74. The van der Waals surface area contributed by atoms with Gasteiger partial charge in [0.15, 0.2) is 13.3 Å². The standard InChI is InChI=1S/2C2H6O2P.CH4O.2CH4.Cl3OP.H2O/c2*1-4-5(2)3;1-2;;;1-5(2,3)4;/h2*1-2H3;2H,1H3;2*1H4;;1H2/q2*+1;;;;;. The number of rotatable bonds is 2. The Morgan fingerprint density at radius 3 is 0.950 bits per heavy atom. The fourth-order valence-corrected chi connectivity index (χ4v) is 0. The van der Waals surface area contributed by atoms with Gasteiger partial charge in [-0.2, -0.15) is 0 Å². The highest BCUT2D eigenvalue weighted by molar-refractivity contribution is 8.24. The smallest absolute Gasteiger partial charge is 0.412 e. The molecule has 0 rings (SSSR count). The van der Waals surface area contributed by atoms with Crippen molar-refractivity contribution in [3.8, 4) is 0 Å². The highest BCUT2D eigenvalue weighted by atomic mass is 36.0. The molecular weight excluding hydrogens is 395 g/mol. The highest BCUT2D eigenvalue weighted by Crippen LogP contribution is 2.61. The average Bonchev–Trinajstić information content (AvgIpc) is 2.19. The van der Waals surface area contributed by atoms with Crippen molar-refractivity contribution in [2.24, 2.45) is 0 Å². The monoisotopic (exact) mass is 420 g/mol. The molecule has 130 valence electrons. The minimum atomic E-state index is -3.22. The van der Waals surface area contributed by atoms with E-state index in [2.05, 4.69) is 42.8 Å². The molecule has 0 aliphatic carbocycles. The summed E-state index contributed by atoms with van der Waals surface area (Å²) in [5, 5.41) is 3.78. The van der Waals surface area contributed by atoms with Gasteiger partial charge in [0.1, 0.15) is 0 Å². The van der Waals surface area contributed by atoms with Crippen molar-refractivity contribution in [1.82, 2.24) is 0 Å². The third kappa shape index (κ3) is 238. The van der Waals surface area contributed by atoms with Gasteiger partial charge in [-0.05, 0) is 42.9 Å². The lowest BCUT2D eigenvalue weighted by Gasteiger charge is -1.74. The average molecular weight is 422 g/mol. The molecule has 0 saturated heterocycles. The molecule has 7 nitrogen and oxygen atoms in total. The van der Waals surface area contributed by atoms with E-state index in [9.17, 15) is 13.7 Å². The van der Waals surface area contributed by atoms with Gasteiger partial charge in [-0.15, -0.1) is 9.05 Å². The predicted molar refractivity (Wildman–Crippen MR) is 91.5 cm³/mol. The van der Waals surface area contributed by atoms with E-state index in [0.717, 1.165) is 7.11 Å². The van der Waals surface area contributed by atoms with Crippen LogP contribution in [0.15, 0.2) is 0 Å². The van der Waals surface area contributed by atoms with Crippen LogP contribution in [0, 0.1) is 0 Å². The Kier molecular flexibility index (Phi) is 69.0. The fourth-order valence-electron chi connectivity index (χ4n) is 0. The van der Waals surface area contributed by atoms with E-state index in [0.29, 0.717) is 0 Å². The van der Waals surface area contributed by atoms with E-state index < -0.39 is 21.3 Å². The summed E-state index contributed by atoms with van der Waals surface area (Å²) in [6, 6.07) is 0. The van der Waals surface area contributed by atoms with Crippen LogP contribution in [0.4, 0.5) is 0 Å². The van der Waals surface area contributed by atoms with Gasteiger partial charge in [-0.25, -0.2) is 0 Å². The number of aliphatic hydroxyl groups is 1. The Labute approximate surface area is 138 Å². The van der Waals surface area contributed by atoms with E-state index in [1.165, 1.54) is 27.5 Å². The molecule has 0 aromatic rings. The van der Waals surface area contributed by atoms with E-state index in [-0.39, 0.29) is 20.3 Å². The molecule has 3 N–H and O–H groups in total. The first-order chi connectivity index (χ1) is 7.54. The molecule has 0 aliphatic rings. The summed E-state index contributed by atoms with van der Waals surface area (Å²) in [7, 11) is 1.13. The quantitative estimate of drug-likeness (QED) is 0.634. The molecule has 0 fully saturated rings. The number of halogens is 3. The number of hydrogen-bond acceptors (Lipinski definition) is 6. The van der Waals surface area contributed by atoms with Crippen molar-refractivity contribution in [3.05, 3.63) is 0 Å². The molecule has 0 aromatic carbocycles. The molecule has 20 heavy (non-hydrogen) atoms. The number of aliphatic hydroxyl groups excluding tert-OH is 1. The first-order valence-corrected chi connectivity index (χ1v) is 11.2. The van der Waals surface area contributed by atoms with Crippen LogP contribution >= 0.6 is 55.0 Å². The van der Waals surface area contributed by atoms with Crippen LogP contribution in [0.5, 0.6) is 0 Å². The van der Waals surface area contributed by atoms with E-state index >= 15 is 0 Å². The van der Waals surface area contributed by atoms with Gasteiger partial charge < -0.3 is 10.6 Å². The summed E-state index contributed by atoms with van der Waals surface area (Å²) in [4.78, 5) is 0. The van der Waals surface area contributed by atoms with Gasteiger partial charge in [0.05, 0.1) is 14.2 Å². The van der Waals surface area contributed by atoms with Crippen LogP contribution in [0.2, 0.25) is 0 Å². The van der Waals surface area contributed by atoms with E-state index in [1.54, 1.807) is 0 Å². The van der Waals surface area contributed by atoms with Gasteiger partial charge in [0, 0.05) is 7.11 Å². The second-order valence-corrected chi connectivity index (χ2v) is 10.8. The van der Waals surface area contributed by atoms with Crippen molar-refractivity contribution in [3.63, 3.8) is 0 Å². The minimum absolute atomic E-state index is 0. The summed E-state index contributed by atoms with van der Waals surface area (Å²) in [5.41, 5.74) is 0. The predicted octanol–water partition coefficient (Wildman–Crippen LogP) is 4.88. The van der Waals surface area contributed by atoms with Crippen LogP contribution in [0.1, 0.15) is 14.9 Å². The molecule has 0 spiro atoms. The van der Waals surface area contributed by atoms with Crippen molar-refractivity contribution < 1.29 is 33.3 Å². The van der Waals surface area contributed by atoms with Crippen LogP contribution in [-0.4, -0.2) is 45.2 Å². The first kappa shape index (κ1) is 42.9. The Hall–Kier alpha value is 1.14. The third-order valence-electron chi connectivity index (χ3n) is 0.514. The van der Waals surface area contributed by atoms with Gasteiger partial charge >= 0.3 is 21.3 Å². The van der Waals surface area contributed by atoms with E-state index in [1.807, 2.05) is 0 Å². The van der Waals surface area contributed by atoms with Crippen LogP contribution in [-0.2, 0) is 22.7 Å². The highest BCUT2D eigenvalue weighted by Gasteiger charge is 2.03. The normalized spacial score (nSPS) is 8.85. The summed E-state index contributed by atoms with van der Waals surface area (Å²) in [5.74, 6) is 0. The lowest BCUT2D eigenvalue weighted by Crippen LogP contribution is -1.56. The van der Waals surface area contributed by atoms with E-state index in [4.69, 9.17) is 5.11 Å². The maximum atomic E-state index is 9.74. The molecule has 0 bridgehead atoms. The molecule has 0 saturated carbocycles. The van der Waals surface area contributed by atoms with Gasteiger partial charge in [0.2, 0.25) is 0 Å². The molecule has 0 radical (unpaired) electrons. The Bertz CT molecular complexity index is 215. The molecule has 2 atom stereocenters. The van der Waals surface area contributed by atoms with Crippen LogP contribution in [0.25, 0.3) is 0 Å². The second-order valence-electron chi connectivity index (χ2n) is 1.64. The van der Waals surface area contributed by atoms with Gasteiger partial charge in [-0.1, -0.05) is 14.9 Å². The lowest BCUT2D eigenvalue weighted by molar-refractivity contribution is 0.399. The SMILES string of the molecule is C.C.CO.CO[P+](C)=O.CO[P+](C)=O.O.O=P(Cl)(Cl)Cl. The summed E-state index contributed by atoms with van der Waals surface area (Å²) in [6.45, 7) is 3.02. The molecule has 13 heteroatoms. The van der Waals surface area contributed by atoms with Crippen molar-refractivity contribution in [1.29, 1.82) is 0 Å². The summed E-state index contributed by atoms with van der Waals surface area (Å²) in [6.07, 6.45) is 0. The topological polar surface area (TPSA) is 121 Å². The minimum Gasteiger partial charge on any atom is -0.412 e. The van der Waals surface area contributed by atoms with Crippen molar-refractivity contribution >= 4 is 55.0 Å². The summed E-state index contributed by atoms with van der Waals surface area (Å²) < 4.78 is 37.5. The fraction of sp³-hybridized carbons (Fsp3) is 1.00. The Morgan fingerprint density at radius 1 is 0.900 bits per heavy atom. The molecule has 0 aromatic heterocycles. The Morgan fingerprint density at radius 2 is 0.950 bits per heavy atom. The second kappa shape index (κ2) is 32.2. The molecule has 0 amide bonds. The zero-order chi connectivity index (χ0) is 15.1. The largest absolute Gasteiger partial charge is 0.504 e. The lowest BCUT2D eigenvalue weighted by atomic mass is 11.8. The molecule has 2 unspecified atom stereocenters. The summed E-state index contributed by atoms with van der Waals surface area (Å²) >= 11 is 13.8. The van der Waals surface area contributed by atoms with Crippen LogP contribution < -0.4 is 0 Å². The Balaban J connectivity index is -0.0000000222. The maximum Gasteiger partial charge on any atom is 0.504 e.